The number of amides is 1. The molecule has 0 aliphatic rings. The van der Waals surface area contributed by atoms with Crippen LogP contribution in [0.5, 0.6) is 5.75 Å². The standard InChI is InChI=1S/C14H10ClN3O2/c1-20-11-4-2-9(7-16)12(6-11)14(19)18-13-5-3-10(15)8-17-13/h2-6,8H,1H3,(H,17,18,19). The molecule has 2 rings (SSSR count). The molecule has 1 aromatic carbocycles. The first-order valence-corrected chi connectivity index (χ1v) is 6.03. The smallest absolute Gasteiger partial charge is 0.258 e. The van der Waals surface area contributed by atoms with Crippen molar-refractivity contribution < 1.29 is 9.53 Å². The Kier molecular flexibility index (Phi) is 4.18. The Bertz CT molecular complexity index is 678. The van der Waals surface area contributed by atoms with Crippen LogP contribution in [0.4, 0.5) is 5.82 Å². The van der Waals surface area contributed by atoms with Crippen LogP contribution in [0.3, 0.4) is 0 Å². The Labute approximate surface area is 120 Å². The first-order valence-electron chi connectivity index (χ1n) is 5.65. The average Bonchev–Trinajstić information content (AvgIpc) is 2.48. The third kappa shape index (κ3) is 3.05. The van der Waals surface area contributed by atoms with E-state index in [2.05, 4.69) is 10.3 Å². The minimum Gasteiger partial charge on any atom is -0.497 e. The number of benzene rings is 1. The summed E-state index contributed by atoms with van der Waals surface area (Å²) < 4.78 is 5.05. The molecule has 1 N–H and O–H groups in total. The van der Waals surface area contributed by atoms with Crippen molar-refractivity contribution >= 4 is 23.3 Å². The van der Waals surface area contributed by atoms with Crippen molar-refractivity contribution in [2.45, 2.75) is 0 Å². The van der Waals surface area contributed by atoms with E-state index in [-0.39, 0.29) is 11.1 Å². The van der Waals surface area contributed by atoms with Crippen LogP contribution in [0.2, 0.25) is 5.02 Å². The number of aromatic nitrogens is 1. The van der Waals surface area contributed by atoms with Crippen molar-refractivity contribution in [3.63, 3.8) is 0 Å². The summed E-state index contributed by atoms with van der Waals surface area (Å²) in [5, 5.41) is 12.1. The molecule has 0 unspecified atom stereocenters. The van der Waals surface area contributed by atoms with Crippen molar-refractivity contribution in [2.24, 2.45) is 0 Å². The van der Waals surface area contributed by atoms with Crippen molar-refractivity contribution in [3.8, 4) is 11.8 Å². The number of halogens is 1. The van der Waals surface area contributed by atoms with Crippen molar-refractivity contribution in [1.29, 1.82) is 5.26 Å². The van der Waals surface area contributed by atoms with Crippen LogP contribution in [-0.4, -0.2) is 18.0 Å². The van der Waals surface area contributed by atoms with Gasteiger partial charge >= 0.3 is 0 Å². The van der Waals surface area contributed by atoms with Crippen LogP contribution in [0.1, 0.15) is 15.9 Å². The third-order valence-electron chi connectivity index (χ3n) is 2.56. The van der Waals surface area contributed by atoms with Crippen LogP contribution in [0, 0.1) is 11.3 Å². The number of carbonyl (C=O) groups is 1. The lowest BCUT2D eigenvalue weighted by molar-refractivity contribution is 0.102. The summed E-state index contributed by atoms with van der Waals surface area (Å²) in [5.41, 5.74) is 0.487. The van der Waals surface area contributed by atoms with Gasteiger partial charge in [0.1, 0.15) is 11.6 Å². The number of pyridine rings is 1. The maximum atomic E-state index is 12.2. The zero-order valence-electron chi connectivity index (χ0n) is 10.6. The first kappa shape index (κ1) is 13.8. The van der Waals surface area contributed by atoms with Gasteiger partial charge in [0.05, 0.1) is 29.3 Å². The number of hydrogen-bond acceptors (Lipinski definition) is 4. The fourth-order valence-corrected chi connectivity index (χ4v) is 1.68. The van der Waals surface area contributed by atoms with Gasteiger partial charge in [-0.2, -0.15) is 5.26 Å². The van der Waals surface area contributed by atoms with E-state index in [1.54, 1.807) is 18.2 Å². The van der Waals surface area contributed by atoms with E-state index in [0.29, 0.717) is 16.6 Å². The van der Waals surface area contributed by atoms with Gasteiger partial charge in [-0.3, -0.25) is 4.79 Å². The maximum absolute atomic E-state index is 12.2. The van der Waals surface area contributed by atoms with Gasteiger partial charge in [0.25, 0.3) is 5.91 Å². The molecule has 0 aliphatic heterocycles. The highest BCUT2D eigenvalue weighted by atomic mass is 35.5. The van der Waals surface area contributed by atoms with E-state index in [9.17, 15) is 4.79 Å². The highest BCUT2D eigenvalue weighted by Crippen LogP contribution is 2.18. The van der Waals surface area contributed by atoms with E-state index in [1.807, 2.05) is 6.07 Å². The van der Waals surface area contributed by atoms with E-state index < -0.39 is 5.91 Å². The van der Waals surface area contributed by atoms with Crippen LogP contribution in [0.25, 0.3) is 0 Å². The summed E-state index contributed by atoms with van der Waals surface area (Å²) >= 11 is 5.72. The van der Waals surface area contributed by atoms with Crippen molar-refractivity contribution in [1.82, 2.24) is 4.98 Å². The van der Waals surface area contributed by atoms with Gasteiger partial charge < -0.3 is 10.1 Å². The van der Waals surface area contributed by atoms with Crippen molar-refractivity contribution in [3.05, 3.63) is 52.7 Å². The molecule has 0 spiro atoms. The van der Waals surface area contributed by atoms with Crippen LogP contribution < -0.4 is 10.1 Å². The Morgan fingerprint density at radius 3 is 2.80 bits per heavy atom. The van der Waals surface area contributed by atoms with Crippen LogP contribution >= 0.6 is 11.6 Å². The molecule has 0 radical (unpaired) electrons. The molecule has 0 aliphatic carbocycles. The normalized spacial score (nSPS) is 9.65. The summed E-state index contributed by atoms with van der Waals surface area (Å²) in [6.07, 6.45) is 1.42. The van der Waals surface area contributed by atoms with Gasteiger partial charge in [-0.15, -0.1) is 0 Å². The molecule has 1 amide bonds. The predicted octanol–water partition coefficient (Wildman–Crippen LogP) is 2.87. The lowest BCUT2D eigenvalue weighted by Gasteiger charge is -2.07. The van der Waals surface area contributed by atoms with E-state index in [1.165, 1.54) is 25.4 Å². The maximum Gasteiger partial charge on any atom is 0.258 e. The molecule has 5 nitrogen and oxygen atoms in total. The van der Waals surface area contributed by atoms with Crippen molar-refractivity contribution in [2.75, 3.05) is 12.4 Å². The largest absolute Gasteiger partial charge is 0.497 e. The quantitative estimate of drug-likeness (QED) is 0.942. The minimum absolute atomic E-state index is 0.226. The summed E-state index contributed by atoms with van der Waals surface area (Å²) in [4.78, 5) is 16.1. The lowest BCUT2D eigenvalue weighted by Crippen LogP contribution is -2.14. The highest BCUT2D eigenvalue weighted by Gasteiger charge is 2.13. The topological polar surface area (TPSA) is 75.0 Å². The Balaban J connectivity index is 2.28. The molecular formula is C14H10ClN3O2. The molecule has 100 valence electrons. The third-order valence-corrected chi connectivity index (χ3v) is 2.78. The monoisotopic (exact) mass is 287 g/mol. The molecule has 0 fully saturated rings. The number of rotatable bonds is 3. The van der Waals surface area contributed by atoms with Gasteiger partial charge in [-0.1, -0.05) is 11.6 Å². The van der Waals surface area contributed by atoms with Gasteiger partial charge in [0.15, 0.2) is 0 Å². The second kappa shape index (κ2) is 6.04. The molecule has 20 heavy (non-hydrogen) atoms. The highest BCUT2D eigenvalue weighted by molar-refractivity contribution is 6.30. The van der Waals surface area contributed by atoms with Gasteiger partial charge in [-0.25, -0.2) is 4.98 Å². The van der Waals surface area contributed by atoms with Gasteiger partial charge in [0.2, 0.25) is 0 Å². The molecule has 0 saturated heterocycles. The molecule has 0 atom stereocenters. The molecule has 0 saturated carbocycles. The summed E-state index contributed by atoms with van der Waals surface area (Å²) in [5.74, 6) is 0.416. The lowest BCUT2D eigenvalue weighted by atomic mass is 10.1. The number of hydrogen-bond donors (Lipinski definition) is 1. The zero-order valence-corrected chi connectivity index (χ0v) is 11.3. The van der Waals surface area contributed by atoms with Crippen LogP contribution in [0.15, 0.2) is 36.5 Å². The fourth-order valence-electron chi connectivity index (χ4n) is 1.57. The number of ether oxygens (including phenoxy) is 1. The molecule has 6 heteroatoms. The first-order chi connectivity index (χ1) is 9.63. The molecule has 0 bridgehead atoms. The van der Waals surface area contributed by atoms with Crippen LogP contribution in [-0.2, 0) is 0 Å². The Morgan fingerprint density at radius 1 is 1.40 bits per heavy atom. The number of methoxy groups -OCH3 is 1. The van der Waals surface area contributed by atoms with E-state index in [4.69, 9.17) is 21.6 Å². The summed E-state index contributed by atoms with van der Waals surface area (Å²) in [6, 6.07) is 9.81. The summed E-state index contributed by atoms with van der Waals surface area (Å²) in [6.45, 7) is 0. The average molecular weight is 288 g/mol. The predicted molar refractivity (Wildman–Crippen MR) is 74.9 cm³/mol. The molecule has 1 heterocycles. The number of anilines is 1. The number of nitrogens with zero attached hydrogens (tertiary/aromatic N) is 2. The SMILES string of the molecule is COc1ccc(C#N)c(C(=O)Nc2ccc(Cl)cn2)c1. The summed E-state index contributed by atoms with van der Waals surface area (Å²) in [7, 11) is 1.49. The molecule has 2 aromatic rings. The fraction of sp³-hybridized carbons (Fsp3) is 0.0714. The molecule has 1 aromatic heterocycles. The van der Waals surface area contributed by atoms with Gasteiger partial charge in [-0.05, 0) is 30.3 Å². The molecular weight excluding hydrogens is 278 g/mol. The zero-order chi connectivity index (χ0) is 14.5. The van der Waals surface area contributed by atoms with E-state index in [0.717, 1.165) is 0 Å². The van der Waals surface area contributed by atoms with E-state index >= 15 is 0 Å². The Morgan fingerprint density at radius 2 is 2.20 bits per heavy atom. The minimum atomic E-state index is -0.435. The number of nitriles is 1. The second-order valence-corrected chi connectivity index (χ2v) is 4.28. The number of carbonyl (C=O) groups excluding carboxylic acids is 1. The second-order valence-electron chi connectivity index (χ2n) is 3.84. The Hall–Kier alpha value is -2.58. The number of nitrogens with one attached hydrogen (secondary N) is 1. The van der Waals surface area contributed by atoms with Gasteiger partial charge in [0, 0.05) is 6.20 Å².